The summed E-state index contributed by atoms with van der Waals surface area (Å²) in [6.07, 6.45) is -4.61. The van der Waals surface area contributed by atoms with Crippen LogP contribution in [0.2, 0.25) is 5.02 Å². The van der Waals surface area contributed by atoms with Crippen LogP contribution in [0, 0.1) is 0 Å². The largest absolute Gasteiger partial charge is 0.417 e. The molecular weight excluding hydrogens is 319 g/mol. The Morgan fingerprint density at radius 2 is 2.00 bits per heavy atom. The molecule has 0 amide bonds. The van der Waals surface area contributed by atoms with E-state index in [1.807, 2.05) is 4.72 Å². The predicted molar refractivity (Wildman–Crippen MR) is 67.9 cm³/mol. The minimum Gasteiger partial charge on any atom is -0.395 e. The lowest BCUT2D eigenvalue weighted by Gasteiger charge is -2.17. The first-order chi connectivity index (χ1) is 9.11. The number of nitrogens with one attached hydrogen (secondary N) is 1. The molecular formula is C11H13ClF3NO3S. The fraction of sp³-hybridized carbons (Fsp3) is 0.455. The second-order valence-electron chi connectivity index (χ2n) is 4.05. The van der Waals surface area contributed by atoms with Crippen LogP contribution in [0.25, 0.3) is 0 Å². The first-order valence-corrected chi connectivity index (χ1v) is 7.48. The van der Waals surface area contributed by atoms with Crippen molar-refractivity contribution in [1.29, 1.82) is 0 Å². The molecule has 0 aromatic heterocycles. The summed E-state index contributed by atoms with van der Waals surface area (Å²) in [6, 6.07) is 1.55. The summed E-state index contributed by atoms with van der Waals surface area (Å²) < 4.78 is 64.5. The number of halogens is 4. The lowest BCUT2D eigenvalue weighted by molar-refractivity contribution is -0.139. The molecule has 2 N–H and O–H groups in total. The summed E-state index contributed by atoms with van der Waals surface area (Å²) in [5.74, 6) is 0. The van der Waals surface area contributed by atoms with E-state index in [1.165, 1.54) is 0 Å². The van der Waals surface area contributed by atoms with E-state index in [4.69, 9.17) is 16.7 Å². The molecule has 9 heteroatoms. The van der Waals surface area contributed by atoms with Gasteiger partial charge in [-0.15, -0.1) is 0 Å². The van der Waals surface area contributed by atoms with Crippen molar-refractivity contribution in [2.45, 2.75) is 30.5 Å². The summed E-state index contributed by atoms with van der Waals surface area (Å²) in [5.41, 5.74) is -1.34. The topological polar surface area (TPSA) is 66.4 Å². The van der Waals surface area contributed by atoms with E-state index in [9.17, 15) is 21.6 Å². The third-order valence-electron chi connectivity index (χ3n) is 2.57. The lowest BCUT2D eigenvalue weighted by Crippen LogP contribution is -2.37. The standard InChI is InChI=1S/C11H13ClF3NO3S/c1-2-8(6-17)16-20(18,19)10-4-3-7(12)5-9(10)11(13,14)15/h3-5,8,16-17H,2,6H2,1H3/t8-/m1/s1. The zero-order valence-electron chi connectivity index (χ0n) is 10.4. The van der Waals surface area contributed by atoms with Gasteiger partial charge in [0.15, 0.2) is 0 Å². The number of sulfonamides is 1. The molecule has 0 heterocycles. The van der Waals surface area contributed by atoms with Crippen molar-refractivity contribution in [2.24, 2.45) is 0 Å². The van der Waals surface area contributed by atoms with Crippen LogP contribution in [0.1, 0.15) is 18.9 Å². The van der Waals surface area contributed by atoms with Crippen molar-refractivity contribution >= 4 is 21.6 Å². The average Bonchev–Trinajstić information content (AvgIpc) is 2.34. The molecule has 0 aliphatic carbocycles. The number of aliphatic hydroxyl groups excluding tert-OH is 1. The highest BCUT2D eigenvalue weighted by atomic mass is 35.5. The summed E-state index contributed by atoms with van der Waals surface area (Å²) in [4.78, 5) is -0.915. The molecule has 0 saturated heterocycles. The molecule has 4 nitrogen and oxygen atoms in total. The molecule has 0 bridgehead atoms. The zero-order valence-corrected chi connectivity index (χ0v) is 12.0. The van der Waals surface area contributed by atoms with Gasteiger partial charge in [0.25, 0.3) is 0 Å². The number of rotatable bonds is 5. The first kappa shape index (κ1) is 17.2. The Labute approximate surface area is 119 Å². The quantitative estimate of drug-likeness (QED) is 0.870. The van der Waals surface area contributed by atoms with E-state index in [2.05, 4.69) is 0 Å². The number of hydrogen-bond acceptors (Lipinski definition) is 3. The highest BCUT2D eigenvalue weighted by Crippen LogP contribution is 2.35. The number of alkyl halides is 3. The number of hydrogen-bond donors (Lipinski definition) is 2. The van der Waals surface area contributed by atoms with Crippen LogP contribution in [0.4, 0.5) is 13.2 Å². The molecule has 114 valence electrons. The van der Waals surface area contributed by atoms with Crippen LogP contribution < -0.4 is 4.72 Å². The summed E-state index contributed by atoms with van der Waals surface area (Å²) in [5, 5.41) is 8.72. The highest BCUT2D eigenvalue weighted by molar-refractivity contribution is 7.89. The van der Waals surface area contributed by atoms with Gasteiger partial charge in [0.05, 0.1) is 17.1 Å². The molecule has 0 aliphatic heterocycles. The summed E-state index contributed by atoms with van der Waals surface area (Å²) in [7, 11) is -4.40. The predicted octanol–water partition coefficient (Wildman–Crippen LogP) is 2.41. The van der Waals surface area contributed by atoms with E-state index in [-0.39, 0.29) is 11.4 Å². The number of aliphatic hydroxyl groups is 1. The van der Waals surface area contributed by atoms with Gasteiger partial charge < -0.3 is 5.11 Å². The van der Waals surface area contributed by atoms with Gasteiger partial charge >= 0.3 is 6.18 Å². The van der Waals surface area contributed by atoms with Crippen molar-refractivity contribution < 1.29 is 26.7 Å². The monoisotopic (exact) mass is 331 g/mol. The van der Waals surface area contributed by atoms with Gasteiger partial charge in [0.1, 0.15) is 0 Å². The molecule has 0 spiro atoms. The van der Waals surface area contributed by atoms with Gasteiger partial charge in [-0.1, -0.05) is 18.5 Å². The van der Waals surface area contributed by atoms with Crippen molar-refractivity contribution in [1.82, 2.24) is 4.72 Å². The van der Waals surface area contributed by atoms with E-state index < -0.39 is 39.3 Å². The Hall–Kier alpha value is -0.830. The summed E-state index contributed by atoms with van der Waals surface area (Å²) >= 11 is 5.48. The Morgan fingerprint density at radius 3 is 2.45 bits per heavy atom. The van der Waals surface area contributed by atoms with Crippen LogP contribution >= 0.6 is 11.6 Å². The van der Waals surface area contributed by atoms with E-state index in [1.54, 1.807) is 6.92 Å². The van der Waals surface area contributed by atoms with Gasteiger partial charge in [0, 0.05) is 11.1 Å². The minimum absolute atomic E-state index is 0.217. The fourth-order valence-corrected chi connectivity index (χ4v) is 3.18. The number of benzene rings is 1. The molecule has 0 saturated carbocycles. The third kappa shape index (κ3) is 4.08. The van der Waals surface area contributed by atoms with Gasteiger partial charge in [-0.25, -0.2) is 13.1 Å². The van der Waals surface area contributed by atoms with Crippen LogP contribution in [-0.2, 0) is 16.2 Å². The van der Waals surface area contributed by atoms with Gasteiger partial charge in [-0.3, -0.25) is 0 Å². The van der Waals surface area contributed by atoms with Crippen LogP contribution in [0.5, 0.6) is 0 Å². The summed E-state index contributed by atoms with van der Waals surface area (Å²) in [6.45, 7) is 1.08. The van der Waals surface area contributed by atoms with E-state index >= 15 is 0 Å². The minimum atomic E-state index is -4.85. The van der Waals surface area contributed by atoms with Gasteiger partial charge in [-0.2, -0.15) is 13.2 Å². The molecule has 1 aromatic carbocycles. The van der Waals surface area contributed by atoms with Crippen LogP contribution in [0.3, 0.4) is 0 Å². The maximum Gasteiger partial charge on any atom is 0.417 e. The maximum atomic E-state index is 12.9. The molecule has 0 fully saturated rings. The molecule has 1 atom stereocenters. The zero-order chi connectivity index (χ0) is 15.6. The molecule has 0 aliphatic rings. The Morgan fingerprint density at radius 1 is 1.40 bits per heavy atom. The Kier molecular flexibility index (Phi) is 5.42. The first-order valence-electron chi connectivity index (χ1n) is 5.61. The Balaban J connectivity index is 3.32. The smallest absolute Gasteiger partial charge is 0.395 e. The second-order valence-corrected chi connectivity index (χ2v) is 6.17. The average molecular weight is 332 g/mol. The van der Waals surface area contributed by atoms with Crippen LogP contribution in [-0.4, -0.2) is 26.2 Å². The van der Waals surface area contributed by atoms with Crippen LogP contribution in [0.15, 0.2) is 23.1 Å². The highest BCUT2D eigenvalue weighted by Gasteiger charge is 2.37. The third-order valence-corrected chi connectivity index (χ3v) is 4.39. The Bertz CT molecular complexity index is 571. The van der Waals surface area contributed by atoms with Gasteiger partial charge in [0.2, 0.25) is 10.0 Å². The van der Waals surface area contributed by atoms with Crippen molar-refractivity contribution in [3.63, 3.8) is 0 Å². The molecule has 0 unspecified atom stereocenters. The van der Waals surface area contributed by atoms with Gasteiger partial charge in [-0.05, 0) is 24.6 Å². The fourth-order valence-electron chi connectivity index (χ4n) is 1.49. The molecule has 1 aromatic rings. The van der Waals surface area contributed by atoms with E-state index in [0.717, 1.165) is 12.1 Å². The molecule has 0 radical (unpaired) electrons. The van der Waals surface area contributed by atoms with Crippen molar-refractivity contribution in [3.05, 3.63) is 28.8 Å². The van der Waals surface area contributed by atoms with Crippen molar-refractivity contribution in [3.8, 4) is 0 Å². The lowest BCUT2D eigenvalue weighted by atomic mass is 10.2. The van der Waals surface area contributed by atoms with Crippen molar-refractivity contribution in [2.75, 3.05) is 6.61 Å². The maximum absolute atomic E-state index is 12.9. The molecule has 20 heavy (non-hydrogen) atoms. The van der Waals surface area contributed by atoms with E-state index in [0.29, 0.717) is 6.07 Å². The second kappa shape index (κ2) is 6.30. The molecule has 1 rings (SSSR count). The SMILES string of the molecule is CC[C@H](CO)NS(=O)(=O)c1ccc(Cl)cc1C(F)(F)F. The normalized spacial score (nSPS) is 14.3.